The van der Waals surface area contributed by atoms with E-state index >= 15 is 0 Å². The maximum atomic E-state index is 13.0. The minimum absolute atomic E-state index is 0.0761. The summed E-state index contributed by atoms with van der Waals surface area (Å²) in [7, 11) is -3.74. The number of nitrogens with zero attached hydrogens (tertiary/aromatic N) is 2. The molecule has 31 heavy (non-hydrogen) atoms. The van der Waals surface area contributed by atoms with E-state index in [0.717, 1.165) is 10.5 Å². The number of sulfonamides is 1. The molecule has 10 heteroatoms. The van der Waals surface area contributed by atoms with Crippen LogP contribution in [-0.4, -0.2) is 49.3 Å². The van der Waals surface area contributed by atoms with Crippen molar-refractivity contribution in [3.63, 3.8) is 0 Å². The molecule has 1 fully saturated rings. The van der Waals surface area contributed by atoms with Crippen LogP contribution in [0.3, 0.4) is 0 Å². The Hall–Kier alpha value is -2.33. The van der Waals surface area contributed by atoms with E-state index in [-0.39, 0.29) is 43.1 Å². The van der Waals surface area contributed by atoms with Gasteiger partial charge in [0.1, 0.15) is 12.3 Å². The van der Waals surface area contributed by atoms with Crippen LogP contribution in [0.15, 0.2) is 45.9 Å². The van der Waals surface area contributed by atoms with Crippen molar-refractivity contribution >= 4 is 15.9 Å². The summed E-state index contributed by atoms with van der Waals surface area (Å²) < 4.78 is 71.5. The highest BCUT2D eigenvalue weighted by molar-refractivity contribution is 7.89. The number of piperidine rings is 1. The van der Waals surface area contributed by atoms with Gasteiger partial charge in [0.25, 0.3) is 0 Å². The zero-order valence-corrected chi connectivity index (χ0v) is 18.2. The molecule has 0 atom stereocenters. The second-order valence-electron chi connectivity index (χ2n) is 7.84. The van der Waals surface area contributed by atoms with Crippen molar-refractivity contribution in [1.29, 1.82) is 0 Å². The molecule has 1 aromatic heterocycles. The maximum Gasteiger partial charge on any atom is 0.406 e. The van der Waals surface area contributed by atoms with E-state index in [9.17, 15) is 26.4 Å². The van der Waals surface area contributed by atoms with Crippen LogP contribution in [0.4, 0.5) is 13.2 Å². The number of carbonyl (C=O) groups is 1. The van der Waals surface area contributed by atoms with Crippen molar-refractivity contribution < 1.29 is 30.8 Å². The fourth-order valence-corrected chi connectivity index (χ4v) is 5.52. The third-order valence-corrected chi connectivity index (χ3v) is 7.42. The number of hydrogen-bond acceptors (Lipinski definition) is 4. The van der Waals surface area contributed by atoms with Crippen molar-refractivity contribution in [2.45, 2.75) is 44.3 Å². The van der Waals surface area contributed by atoms with Gasteiger partial charge in [-0.05, 0) is 50.5 Å². The smallest absolute Gasteiger partial charge is 0.406 e. The standard InChI is InChI=1S/C21H25F3N2O4S/c1-15-5-6-19(16(2)12-15)31(28,29)26-9-7-17(8-10-26)20(27)25(14-21(22,23)24)13-18-4-3-11-30-18/h3-6,11-12,17H,7-10,13-14H2,1-2H3. The number of benzene rings is 1. The minimum Gasteiger partial charge on any atom is -0.467 e. The van der Waals surface area contributed by atoms with Gasteiger partial charge in [0, 0.05) is 19.0 Å². The molecule has 0 aliphatic carbocycles. The molecule has 0 saturated carbocycles. The van der Waals surface area contributed by atoms with Crippen molar-refractivity contribution in [1.82, 2.24) is 9.21 Å². The molecule has 0 bridgehead atoms. The number of carbonyl (C=O) groups excluding carboxylic acids is 1. The van der Waals surface area contributed by atoms with Crippen LogP contribution in [0, 0.1) is 19.8 Å². The number of furan rings is 1. The predicted octanol–water partition coefficient (Wildman–Crippen LogP) is 3.89. The highest BCUT2D eigenvalue weighted by Crippen LogP contribution is 2.28. The quantitative estimate of drug-likeness (QED) is 0.659. The predicted molar refractivity (Wildman–Crippen MR) is 108 cm³/mol. The molecule has 2 heterocycles. The van der Waals surface area contributed by atoms with E-state index in [1.54, 1.807) is 31.2 Å². The molecule has 6 nitrogen and oxygen atoms in total. The Bertz CT molecular complexity index is 1010. The molecular weight excluding hydrogens is 433 g/mol. The van der Waals surface area contributed by atoms with Gasteiger partial charge in [0.05, 0.1) is 17.7 Å². The van der Waals surface area contributed by atoms with Gasteiger partial charge in [-0.25, -0.2) is 8.42 Å². The molecule has 1 aliphatic heterocycles. The van der Waals surface area contributed by atoms with Gasteiger partial charge in [0.15, 0.2) is 0 Å². The molecule has 1 amide bonds. The monoisotopic (exact) mass is 458 g/mol. The number of aryl methyl sites for hydroxylation is 2. The van der Waals surface area contributed by atoms with Crippen LogP contribution in [-0.2, 0) is 21.4 Å². The summed E-state index contributed by atoms with van der Waals surface area (Å²) >= 11 is 0. The molecule has 0 radical (unpaired) electrons. The van der Waals surface area contributed by atoms with Crippen LogP contribution >= 0.6 is 0 Å². The molecule has 0 N–H and O–H groups in total. The zero-order valence-electron chi connectivity index (χ0n) is 17.4. The topological polar surface area (TPSA) is 70.8 Å². The lowest BCUT2D eigenvalue weighted by atomic mass is 9.96. The van der Waals surface area contributed by atoms with E-state index in [2.05, 4.69) is 0 Å². The summed E-state index contributed by atoms with van der Waals surface area (Å²) in [5.74, 6) is -1.06. The summed E-state index contributed by atoms with van der Waals surface area (Å²) in [6.45, 7) is 2.08. The van der Waals surface area contributed by atoms with Gasteiger partial charge < -0.3 is 9.32 Å². The molecule has 0 unspecified atom stereocenters. The molecule has 1 aliphatic rings. The Balaban J connectivity index is 1.69. The lowest BCUT2D eigenvalue weighted by Gasteiger charge is -2.34. The van der Waals surface area contributed by atoms with Crippen LogP contribution in [0.25, 0.3) is 0 Å². The number of alkyl halides is 3. The second-order valence-corrected chi connectivity index (χ2v) is 9.74. The maximum absolute atomic E-state index is 13.0. The van der Waals surface area contributed by atoms with Crippen molar-refractivity contribution in [2.75, 3.05) is 19.6 Å². The molecule has 1 aromatic carbocycles. The molecule has 2 aromatic rings. The SMILES string of the molecule is Cc1ccc(S(=O)(=O)N2CCC(C(=O)N(Cc3ccco3)CC(F)(F)F)CC2)c(C)c1. The van der Waals surface area contributed by atoms with Gasteiger partial charge in [-0.2, -0.15) is 17.5 Å². The fourth-order valence-electron chi connectivity index (χ4n) is 3.85. The van der Waals surface area contributed by atoms with Gasteiger partial charge in [0.2, 0.25) is 15.9 Å². The first-order valence-corrected chi connectivity index (χ1v) is 11.4. The average molecular weight is 459 g/mol. The Morgan fingerprint density at radius 1 is 1.19 bits per heavy atom. The molecule has 170 valence electrons. The van der Waals surface area contributed by atoms with Crippen LogP contribution < -0.4 is 0 Å². The van der Waals surface area contributed by atoms with Gasteiger partial charge >= 0.3 is 6.18 Å². The van der Waals surface area contributed by atoms with Crippen LogP contribution in [0.1, 0.15) is 29.7 Å². The Kier molecular flexibility index (Phi) is 6.80. The summed E-state index contributed by atoms with van der Waals surface area (Å²) in [6.07, 6.45) is -2.89. The van der Waals surface area contributed by atoms with Crippen LogP contribution in [0.2, 0.25) is 0 Å². The number of hydrogen-bond donors (Lipinski definition) is 0. The van der Waals surface area contributed by atoms with Gasteiger partial charge in [-0.3, -0.25) is 4.79 Å². The van der Waals surface area contributed by atoms with E-state index in [1.165, 1.54) is 16.6 Å². The first kappa shape index (κ1) is 23.3. The summed E-state index contributed by atoms with van der Waals surface area (Å²) in [5.41, 5.74) is 1.58. The first-order valence-electron chi connectivity index (χ1n) is 9.93. The number of halogens is 3. The van der Waals surface area contributed by atoms with Gasteiger partial charge in [-0.15, -0.1) is 0 Å². The third kappa shape index (κ3) is 5.68. The Morgan fingerprint density at radius 2 is 1.87 bits per heavy atom. The average Bonchev–Trinajstić information content (AvgIpc) is 3.19. The molecule has 0 spiro atoms. The van der Waals surface area contributed by atoms with Gasteiger partial charge in [-0.1, -0.05) is 17.7 Å². The third-order valence-electron chi connectivity index (χ3n) is 5.36. The van der Waals surface area contributed by atoms with E-state index in [1.807, 2.05) is 6.92 Å². The highest BCUT2D eigenvalue weighted by Gasteiger charge is 2.38. The lowest BCUT2D eigenvalue weighted by molar-refractivity contribution is -0.166. The second kappa shape index (κ2) is 9.04. The zero-order chi connectivity index (χ0) is 22.8. The fraction of sp³-hybridized carbons (Fsp3) is 0.476. The van der Waals surface area contributed by atoms with E-state index in [0.29, 0.717) is 5.56 Å². The summed E-state index contributed by atoms with van der Waals surface area (Å²) in [5, 5.41) is 0. The minimum atomic E-state index is -4.55. The normalized spacial score (nSPS) is 16.4. The summed E-state index contributed by atoms with van der Waals surface area (Å²) in [6, 6.07) is 8.12. The highest BCUT2D eigenvalue weighted by atomic mass is 32.2. The molecule has 3 rings (SSSR count). The lowest BCUT2D eigenvalue weighted by Crippen LogP contribution is -2.46. The number of rotatable bonds is 6. The van der Waals surface area contributed by atoms with E-state index < -0.39 is 34.6 Å². The van der Waals surface area contributed by atoms with Crippen molar-refractivity contribution in [3.05, 3.63) is 53.5 Å². The Morgan fingerprint density at radius 3 is 2.42 bits per heavy atom. The largest absolute Gasteiger partial charge is 0.467 e. The van der Waals surface area contributed by atoms with Crippen LogP contribution in [0.5, 0.6) is 0 Å². The Labute approximate surface area is 179 Å². The van der Waals surface area contributed by atoms with Crippen molar-refractivity contribution in [3.8, 4) is 0 Å². The van der Waals surface area contributed by atoms with Crippen molar-refractivity contribution in [2.24, 2.45) is 5.92 Å². The first-order chi connectivity index (χ1) is 14.5. The molecule has 1 saturated heterocycles. The van der Waals surface area contributed by atoms with E-state index in [4.69, 9.17) is 4.42 Å². The molecular formula is C21H25F3N2O4S. The number of amides is 1. The summed E-state index contributed by atoms with van der Waals surface area (Å²) in [4.78, 5) is 13.8.